The second-order valence-corrected chi connectivity index (χ2v) is 16.5. The molecule has 6 heterocycles. The van der Waals surface area contributed by atoms with E-state index in [-0.39, 0.29) is 30.2 Å². The first-order chi connectivity index (χ1) is 28.3. The fourth-order valence-electron chi connectivity index (χ4n) is 9.72. The summed E-state index contributed by atoms with van der Waals surface area (Å²) in [6, 6.07) is 24.1. The third kappa shape index (κ3) is 6.93. The number of hydrogen-bond donors (Lipinski definition) is 2. The van der Waals surface area contributed by atoms with Gasteiger partial charge in [-0.05, 0) is 98.2 Å². The van der Waals surface area contributed by atoms with E-state index in [9.17, 15) is 14.4 Å². The number of amides is 3. The molecule has 1 unspecified atom stereocenters. The highest BCUT2D eigenvalue weighted by molar-refractivity contribution is 6.05. The van der Waals surface area contributed by atoms with Gasteiger partial charge in [0.05, 0.1) is 11.4 Å². The maximum Gasteiger partial charge on any atom is 0.255 e. The van der Waals surface area contributed by atoms with E-state index in [2.05, 4.69) is 40.7 Å². The lowest BCUT2D eigenvalue weighted by atomic mass is 9.78. The zero-order valence-electron chi connectivity index (χ0n) is 32.5. The molecule has 5 aliphatic rings. The van der Waals surface area contributed by atoms with E-state index in [1.54, 1.807) is 4.90 Å². The summed E-state index contributed by atoms with van der Waals surface area (Å²) >= 11 is 0. The monoisotopic (exact) mass is 780 g/mol. The smallest absolute Gasteiger partial charge is 0.255 e. The van der Waals surface area contributed by atoms with Crippen LogP contribution in [0.5, 0.6) is 11.5 Å². The minimum atomic E-state index is -0.590. The van der Waals surface area contributed by atoms with E-state index in [1.165, 1.54) is 19.2 Å². The Hall–Kier alpha value is -5.86. The molecule has 14 heteroatoms. The first kappa shape index (κ1) is 36.5. The summed E-state index contributed by atoms with van der Waals surface area (Å²) in [6.45, 7) is 7.57. The molecule has 1 saturated carbocycles. The average Bonchev–Trinajstić information content (AvgIpc) is 3.78. The summed E-state index contributed by atoms with van der Waals surface area (Å²) in [5.41, 5.74) is 11.7. The Labute approximate surface area is 336 Å². The van der Waals surface area contributed by atoms with Gasteiger partial charge in [-0.3, -0.25) is 24.6 Å². The Morgan fingerprint density at radius 2 is 1.57 bits per heavy atom. The number of ether oxygens (including phenoxy) is 1. The van der Waals surface area contributed by atoms with Crippen LogP contribution in [0.15, 0.2) is 79.1 Å². The highest BCUT2D eigenvalue weighted by atomic mass is 16.5. The first-order valence-corrected chi connectivity index (χ1v) is 20.7. The first-order valence-electron chi connectivity index (χ1n) is 20.7. The number of aromatic nitrogens is 4. The Bertz CT molecular complexity index is 2350. The zero-order chi connectivity index (χ0) is 39.3. The number of likely N-dealkylation sites (tertiary alicyclic amines) is 1. The van der Waals surface area contributed by atoms with Crippen LogP contribution in [0.25, 0.3) is 22.3 Å². The van der Waals surface area contributed by atoms with E-state index < -0.39 is 6.04 Å². The van der Waals surface area contributed by atoms with E-state index in [4.69, 9.17) is 15.6 Å². The lowest BCUT2D eigenvalue weighted by molar-refractivity contribution is -0.136. The predicted molar refractivity (Wildman–Crippen MR) is 219 cm³/mol. The van der Waals surface area contributed by atoms with Crippen molar-refractivity contribution in [3.63, 3.8) is 0 Å². The SMILES string of the molecule is Nc1ncnc2c1c(-c1ccc(Oc3ccccc3)cc1)nn2C1CCN(CC2CC(N3CCN(c4ccc5c(c4)CN(C4CCC(=O)NC4=O)C5=O)CC3)C2)CC1. The van der Waals surface area contributed by atoms with Crippen LogP contribution in [0.2, 0.25) is 0 Å². The zero-order valence-corrected chi connectivity index (χ0v) is 32.5. The second kappa shape index (κ2) is 15.1. The van der Waals surface area contributed by atoms with Crippen LogP contribution in [0.1, 0.15) is 60.5 Å². The molecule has 2 aromatic heterocycles. The number of para-hydroxylation sites is 1. The van der Waals surface area contributed by atoms with E-state index >= 15 is 0 Å². The maximum absolute atomic E-state index is 13.2. The van der Waals surface area contributed by atoms with Gasteiger partial charge in [-0.2, -0.15) is 5.10 Å². The van der Waals surface area contributed by atoms with Crippen LogP contribution in [-0.4, -0.2) is 110 Å². The highest BCUT2D eigenvalue weighted by Gasteiger charge is 2.40. The van der Waals surface area contributed by atoms with Crippen LogP contribution < -0.4 is 20.7 Å². The molecule has 4 fully saturated rings. The van der Waals surface area contributed by atoms with Gasteiger partial charge in [0.15, 0.2) is 5.65 Å². The molecule has 0 radical (unpaired) electrons. The summed E-state index contributed by atoms with van der Waals surface area (Å²) in [5.74, 6) is 1.94. The van der Waals surface area contributed by atoms with Gasteiger partial charge in [0.1, 0.15) is 35.4 Å². The predicted octanol–water partition coefficient (Wildman–Crippen LogP) is 4.87. The number of piperidine rings is 2. The number of nitrogens with zero attached hydrogens (tertiary/aromatic N) is 8. The van der Waals surface area contributed by atoms with E-state index in [1.807, 2.05) is 66.7 Å². The fourth-order valence-corrected chi connectivity index (χ4v) is 9.72. The van der Waals surface area contributed by atoms with Crippen molar-refractivity contribution >= 4 is 40.3 Å². The lowest BCUT2D eigenvalue weighted by Crippen LogP contribution is -2.55. The number of carbonyl (C=O) groups excluding carboxylic acids is 3. The van der Waals surface area contributed by atoms with E-state index in [0.717, 1.165) is 110 Å². The number of nitrogen functional groups attached to an aromatic ring is 1. The van der Waals surface area contributed by atoms with Crippen LogP contribution in [-0.2, 0) is 16.1 Å². The summed E-state index contributed by atoms with van der Waals surface area (Å²) in [4.78, 5) is 55.6. The van der Waals surface area contributed by atoms with Crippen molar-refractivity contribution in [1.29, 1.82) is 0 Å². The third-order valence-corrected chi connectivity index (χ3v) is 13.0. The Morgan fingerprint density at radius 1 is 0.810 bits per heavy atom. The molecule has 1 aliphatic carbocycles. The molecule has 5 aromatic rings. The number of hydrogen-bond acceptors (Lipinski definition) is 11. The van der Waals surface area contributed by atoms with Crippen LogP contribution in [0, 0.1) is 5.92 Å². The molecule has 4 aliphatic heterocycles. The molecule has 10 rings (SSSR count). The molecule has 58 heavy (non-hydrogen) atoms. The Morgan fingerprint density at radius 3 is 2.33 bits per heavy atom. The van der Waals surface area contributed by atoms with Gasteiger partial charge < -0.3 is 25.2 Å². The number of piperazine rings is 1. The van der Waals surface area contributed by atoms with Crippen molar-refractivity contribution in [2.45, 2.75) is 63.2 Å². The molecule has 3 saturated heterocycles. The van der Waals surface area contributed by atoms with Crippen molar-refractivity contribution in [1.82, 2.24) is 39.8 Å². The number of nitrogens with one attached hydrogen (secondary N) is 1. The molecule has 3 aromatic carbocycles. The van der Waals surface area contributed by atoms with Gasteiger partial charge in [0.2, 0.25) is 11.8 Å². The summed E-state index contributed by atoms with van der Waals surface area (Å²) < 4.78 is 8.10. The van der Waals surface area contributed by atoms with Crippen LogP contribution >= 0.6 is 0 Å². The largest absolute Gasteiger partial charge is 0.457 e. The minimum Gasteiger partial charge on any atom is -0.457 e. The van der Waals surface area contributed by atoms with E-state index in [0.29, 0.717) is 30.4 Å². The Balaban J connectivity index is 0.702. The molecule has 0 spiro atoms. The van der Waals surface area contributed by atoms with Gasteiger partial charge in [-0.15, -0.1) is 0 Å². The van der Waals surface area contributed by atoms with Crippen molar-refractivity contribution < 1.29 is 19.1 Å². The highest BCUT2D eigenvalue weighted by Crippen LogP contribution is 2.38. The summed E-state index contributed by atoms with van der Waals surface area (Å²) in [5, 5.41) is 8.31. The molecular weight excluding hydrogens is 733 g/mol. The topological polar surface area (TPSA) is 155 Å². The number of benzene rings is 3. The maximum atomic E-state index is 13.2. The molecule has 3 N–H and O–H groups in total. The third-order valence-electron chi connectivity index (χ3n) is 13.0. The summed E-state index contributed by atoms with van der Waals surface area (Å²) in [6.07, 6.45) is 6.68. The lowest BCUT2D eigenvalue weighted by Gasteiger charge is -2.48. The molecule has 1 atom stereocenters. The van der Waals surface area contributed by atoms with Gasteiger partial charge >= 0.3 is 0 Å². The van der Waals surface area contributed by atoms with Gasteiger partial charge in [0, 0.05) is 81.6 Å². The summed E-state index contributed by atoms with van der Waals surface area (Å²) in [7, 11) is 0. The van der Waals surface area contributed by atoms with Gasteiger partial charge in [-0.25, -0.2) is 14.6 Å². The quantitative estimate of drug-likeness (QED) is 0.197. The normalized spacial score (nSPS) is 23.2. The number of imide groups is 1. The number of anilines is 2. The standard InChI is InChI=1S/C44H48N10O4/c45-41-39-40(29-6-9-35(10-7-29)58-34-4-2-1-3-5-34)49-54(42(39)47-27-46-41)31-14-16-50(17-15-31)25-28-22-33(23-28)52-20-18-51(19-21-52)32-8-11-36-30(24-32)26-53(44(36)57)37-12-13-38(55)48-43(37)56/h1-11,24,27-28,31,33,37H,12-23,25-26H2,(H2,45,46,47)(H,48,55,56). The number of carbonyl (C=O) groups is 3. The molecule has 14 nitrogen and oxygen atoms in total. The van der Waals surface area contributed by atoms with Gasteiger partial charge in [0.25, 0.3) is 5.91 Å². The van der Waals surface area contributed by atoms with Crippen molar-refractivity contribution in [3.8, 4) is 22.8 Å². The van der Waals surface area contributed by atoms with Crippen LogP contribution in [0.3, 0.4) is 0 Å². The van der Waals surface area contributed by atoms with Crippen molar-refractivity contribution in [2.75, 3.05) is 56.4 Å². The van der Waals surface area contributed by atoms with Crippen LogP contribution in [0.4, 0.5) is 11.5 Å². The number of rotatable bonds is 9. The molecule has 298 valence electrons. The molecule has 3 amide bonds. The van der Waals surface area contributed by atoms with Crippen molar-refractivity contribution in [3.05, 3.63) is 90.3 Å². The Kier molecular flexibility index (Phi) is 9.52. The van der Waals surface area contributed by atoms with Crippen molar-refractivity contribution in [2.24, 2.45) is 5.92 Å². The minimum absolute atomic E-state index is 0.125. The number of fused-ring (bicyclic) bond motifs is 2. The molecule has 0 bridgehead atoms. The fraction of sp³-hybridized carbons (Fsp3) is 0.409. The second-order valence-electron chi connectivity index (χ2n) is 16.5. The number of nitrogens with two attached hydrogens (primary N) is 1. The average molecular weight is 781 g/mol. The molecular formula is C44H48N10O4. The van der Waals surface area contributed by atoms with Gasteiger partial charge in [-0.1, -0.05) is 18.2 Å².